The minimum Gasteiger partial charge on any atom is -0.383 e. The Morgan fingerprint density at radius 3 is 2.53 bits per heavy atom. The van der Waals surface area contributed by atoms with Gasteiger partial charge in [0.2, 0.25) is 0 Å². The minimum absolute atomic E-state index is 0.109. The number of hydrogen-bond acceptors (Lipinski definition) is 4. The molecule has 1 aromatic rings. The van der Waals surface area contributed by atoms with E-state index in [1.807, 2.05) is 20.8 Å². The molecule has 0 aromatic carbocycles. The van der Waals surface area contributed by atoms with Gasteiger partial charge in [-0.05, 0) is 32.4 Å². The van der Waals surface area contributed by atoms with Gasteiger partial charge < -0.3 is 4.74 Å². The normalized spacial score (nSPS) is 12.6. The van der Waals surface area contributed by atoms with Crippen LogP contribution in [0.3, 0.4) is 0 Å². The zero-order valence-corrected chi connectivity index (χ0v) is 14.0. The Hall–Kier alpha value is -0.140. The van der Waals surface area contributed by atoms with Crippen LogP contribution in [0.25, 0.3) is 0 Å². The third kappa shape index (κ3) is 3.92. The van der Waals surface area contributed by atoms with E-state index < -0.39 is 10.0 Å². The molecule has 0 aliphatic rings. The van der Waals surface area contributed by atoms with Crippen molar-refractivity contribution in [2.24, 2.45) is 0 Å². The zero-order valence-electron chi connectivity index (χ0n) is 11.6. The molecular weight excluding hydrogens is 306 g/mol. The van der Waals surface area contributed by atoms with E-state index in [0.29, 0.717) is 23.2 Å². The van der Waals surface area contributed by atoms with Gasteiger partial charge in [-0.25, -0.2) is 8.42 Å². The Morgan fingerprint density at radius 1 is 1.47 bits per heavy atom. The van der Waals surface area contributed by atoms with Gasteiger partial charge in [0.15, 0.2) is 0 Å². The van der Waals surface area contributed by atoms with Crippen LogP contribution < -0.4 is 0 Å². The molecule has 0 saturated carbocycles. The molecule has 0 spiro atoms. The predicted octanol–water partition coefficient (Wildman–Crippen LogP) is 2.84. The van der Waals surface area contributed by atoms with Crippen molar-refractivity contribution >= 4 is 33.0 Å². The molecule has 0 aliphatic heterocycles. The lowest BCUT2D eigenvalue weighted by Crippen LogP contribution is -2.38. The molecule has 1 aromatic heterocycles. The molecule has 1 heterocycles. The molecule has 0 atom stereocenters. The number of methoxy groups -OCH3 is 1. The molecule has 0 N–H and O–H groups in total. The summed E-state index contributed by atoms with van der Waals surface area (Å²) < 4.78 is 32.0. The van der Waals surface area contributed by atoms with Gasteiger partial charge >= 0.3 is 0 Å². The molecule has 0 radical (unpaired) electrons. The summed E-state index contributed by atoms with van der Waals surface area (Å²) in [5.74, 6) is 0.339. The molecule has 0 aliphatic carbocycles. The number of nitrogens with zero attached hydrogens (tertiary/aromatic N) is 1. The summed E-state index contributed by atoms with van der Waals surface area (Å²) in [4.78, 5) is 0.899. The van der Waals surface area contributed by atoms with Crippen molar-refractivity contribution in [3.8, 4) is 0 Å². The second-order valence-corrected chi connectivity index (χ2v) is 8.03. The summed E-state index contributed by atoms with van der Waals surface area (Å²) in [6.45, 7) is 6.32. The summed E-state index contributed by atoms with van der Waals surface area (Å²) in [6.07, 6.45) is 0. The fraction of sp³-hybridized carbons (Fsp3) is 0.667. The minimum atomic E-state index is -3.47. The summed E-state index contributed by atoms with van der Waals surface area (Å²) >= 11 is 7.05. The van der Waals surface area contributed by atoms with E-state index in [-0.39, 0.29) is 6.04 Å². The van der Waals surface area contributed by atoms with Crippen molar-refractivity contribution in [1.29, 1.82) is 0 Å². The van der Waals surface area contributed by atoms with E-state index in [2.05, 4.69) is 0 Å². The monoisotopic (exact) mass is 325 g/mol. The number of thiophene rings is 1. The van der Waals surface area contributed by atoms with Gasteiger partial charge in [-0.1, -0.05) is 0 Å². The number of sulfonamides is 1. The van der Waals surface area contributed by atoms with Gasteiger partial charge in [0.05, 0.1) is 12.5 Å². The van der Waals surface area contributed by atoms with Crippen LogP contribution in [0.5, 0.6) is 0 Å². The predicted molar refractivity (Wildman–Crippen MR) is 79.5 cm³/mol. The van der Waals surface area contributed by atoms with Gasteiger partial charge in [-0.2, -0.15) is 4.31 Å². The second-order valence-electron chi connectivity index (χ2n) is 4.51. The Labute approximate surface area is 124 Å². The second kappa shape index (κ2) is 7.04. The molecule has 0 saturated heterocycles. The maximum Gasteiger partial charge on any atom is 0.252 e. The molecule has 1 rings (SSSR count). The average molecular weight is 326 g/mol. The largest absolute Gasteiger partial charge is 0.383 e. The first-order valence-corrected chi connectivity index (χ1v) is 8.79. The highest BCUT2D eigenvalue weighted by atomic mass is 35.5. The van der Waals surface area contributed by atoms with Crippen molar-refractivity contribution in [2.45, 2.75) is 36.9 Å². The van der Waals surface area contributed by atoms with E-state index in [1.54, 1.807) is 13.2 Å². The van der Waals surface area contributed by atoms with Gasteiger partial charge in [-0.15, -0.1) is 22.9 Å². The maximum atomic E-state index is 12.6. The Balaban J connectivity index is 3.11. The SMILES string of the molecule is COCCN(C(C)C)S(=O)(=O)c1cc(C)c(CCl)s1. The molecule has 0 unspecified atom stereocenters. The lowest BCUT2D eigenvalue weighted by molar-refractivity contribution is 0.171. The smallest absolute Gasteiger partial charge is 0.252 e. The number of halogens is 1. The van der Waals surface area contributed by atoms with Crippen molar-refractivity contribution < 1.29 is 13.2 Å². The van der Waals surface area contributed by atoms with E-state index >= 15 is 0 Å². The number of aryl methyl sites for hydroxylation is 1. The van der Waals surface area contributed by atoms with Crippen LogP contribution in [0, 0.1) is 6.92 Å². The van der Waals surface area contributed by atoms with Crippen LogP contribution in [0.15, 0.2) is 10.3 Å². The third-order valence-corrected chi connectivity index (χ3v) is 6.96. The molecule has 0 fully saturated rings. The van der Waals surface area contributed by atoms with Crippen LogP contribution >= 0.6 is 22.9 Å². The summed E-state index contributed by atoms with van der Waals surface area (Å²) in [6, 6.07) is 1.59. The quantitative estimate of drug-likeness (QED) is 0.724. The number of hydrogen-bond donors (Lipinski definition) is 0. The Morgan fingerprint density at radius 2 is 2.11 bits per heavy atom. The molecule has 4 nitrogen and oxygen atoms in total. The van der Waals surface area contributed by atoms with Crippen LogP contribution in [0.2, 0.25) is 0 Å². The third-order valence-electron chi connectivity index (χ3n) is 2.77. The average Bonchev–Trinajstić information content (AvgIpc) is 2.71. The molecule has 19 heavy (non-hydrogen) atoms. The van der Waals surface area contributed by atoms with Crippen LogP contribution in [0.4, 0.5) is 0 Å². The Bertz CT molecular complexity index is 511. The standard InChI is InChI=1S/C12H20ClNO3S2/c1-9(2)14(5-6-17-4)19(15,16)12-7-10(3)11(8-13)18-12/h7,9H,5-6,8H2,1-4H3. The van der Waals surface area contributed by atoms with E-state index in [1.165, 1.54) is 15.6 Å². The van der Waals surface area contributed by atoms with Crippen LogP contribution in [-0.4, -0.2) is 39.0 Å². The lowest BCUT2D eigenvalue weighted by Gasteiger charge is -2.24. The molecule has 0 bridgehead atoms. The van der Waals surface area contributed by atoms with Gasteiger partial charge in [0.1, 0.15) is 4.21 Å². The zero-order chi connectivity index (χ0) is 14.6. The fourth-order valence-corrected chi connectivity index (χ4v) is 5.27. The number of alkyl halides is 1. The maximum absolute atomic E-state index is 12.6. The first-order chi connectivity index (χ1) is 8.84. The summed E-state index contributed by atoms with van der Waals surface area (Å²) in [5, 5.41) is 0. The van der Waals surface area contributed by atoms with Crippen molar-refractivity contribution in [3.05, 3.63) is 16.5 Å². The lowest BCUT2D eigenvalue weighted by atomic mass is 10.3. The Kier molecular flexibility index (Phi) is 6.26. The topological polar surface area (TPSA) is 46.6 Å². The highest BCUT2D eigenvalue weighted by Crippen LogP contribution is 2.30. The number of ether oxygens (including phenoxy) is 1. The molecule has 0 amide bonds. The van der Waals surface area contributed by atoms with Crippen molar-refractivity contribution in [3.63, 3.8) is 0 Å². The molecule has 110 valence electrons. The molecule has 7 heteroatoms. The highest BCUT2D eigenvalue weighted by molar-refractivity contribution is 7.91. The first-order valence-electron chi connectivity index (χ1n) is 6.00. The van der Waals surface area contributed by atoms with E-state index in [4.69, 9.17) is 16.3 Å². The van der Waals surface area contributed by atoms with Crippen LogP contribution in [0.1, 0.15) is 24.3 Å². The van der Waals surface area contributed by atoms with Crippen molar-refractivity contribution in [2.75, 3.05) is 20.3 Å². The van der Waals surface area contributed by atoms with Gasteiger partial charge in [-0.3, -0.25) is 0 Å². The summed E-state index contributed by atoms with van der Waals surface area (Å²) in [7, 11) is -1.91. The first kappa shape index (κ1) is 16.9. The molecular formula is C12H20ClNO3S2. The summed E-state index contributed by atoms with van der Waals surface area (Å²) in [5.41, 5.74) is 0.925. The highest BCUT2D eigenvalue weighted by Gasteiger charge is 2.28. The van der Waals surface area contributed by atoms with E-state index in [0.717, 1.165) is 10.4 Å². The van der Waals surface area contributed by atoms with Crippen LogP contribution in [-0.2, 0) is 20.6 Å². The van der Waals surface area contributed by atoms with E-state index in [9.17, 15) is 8.42 Å². The number of rotatable bonds is 7. The fourth-order valence-electron chi connectivity index (χ4n) is 1.70. The van der Waals surface area contributed by atoms with Gasteiger partial charge in [0, 0.05) is 24.6 Å². The van der Waals surface area contributed by atoms with Crippen molar-refractivity contribution in [1.82, 2.24) is 4.31 Å². The van der Waals surface area contributed by atoms with Gasteiger partial charge in [0.25, 0.3) is 10.0 Å².